The van der Waals surface area contributed by atoms with Crippen LogP contribution in [0.2, 0.25) is 0 Å². The van der Waals surface area contributed by atoms with Crippen LogP contribution in [-0.2, 0) is 0 Å². The number of nitrogens with one attached hydrogen (secondary N) is 1. The molecule has 4 nitrogen and oxygen atoms in total. The van der Waals surface area contributed by atoms with Crippen molar-refractivity contribution in [3.05, 3.63) is 58.3 Å². The molecule has 2 aromatic rings. The van der Waals surface area contributed by atoms with E-state index in [9.17, 15) is 9.18 Å². The molecule has 1 aromatic heterocycles. The Morgan fingerprint density at radius 2 is 1.96 bits per heavy atom. The van der Waals surface area contributed by atoms with E-state index < -0.39 is 0 Å². The fourth-order valence-electron chi connectivity index (χ4n) is 2.72. The molecular weight excluding hydrogens is 295 g/mol. The predicted octanol–water partition coefficient (Wildman–Crippen LogP) is 3.38. The number of benzene rings is 1. The molecule has 0 spiro atoms. The molecule has 23 heavy (non-hydrogen) atoms. The molecule has 0 fully saturated rings. The molecule has 0 bridgehead atoms. The second kappa shape index (κ2) is 6.96. The van der Waals surface area contributed by atoms with Gasteiger partial charge in [-0.15, -0.1) is 0 Å². The maximum Gasteiger partial charge on any atom is 0.255 e. The van der Waals surface area contributed by atoms with Gasteiger partial charge in [-0.05, 0) is 52.6 Å². The predicted molar refractivity (Wildman–Crippen MR) is 88.1 cm³/mol. The number of halogens is 1. The molecule has 0 unspecified atom stereocenters. The van der Waals surface area contributed by atoms with E-state index in [1.165, 1.54) is 12.1 Å². The molecule has 0 saturated carbocycles. The van der Waals surface area contributed by atoms with Gasteiger partial charge in [0, 0.05) is 12.1 Å². The summed E-state index contributed by atoms with van der Waals surface area (Å²) in [5.41, 5.74) is 2.26. The van der Waals surface area contributed by atoms with Crippen LogP contribution < -0.4 is 5.32 Å². The van der Waals surface area contributed by atoms with Crippen molar-refractivity contribution in [2.75, 3.05) is 20.6 Å². The molecule has 5 heteroatoms. The Morgan fingerprint density at radius 1 is 1.26 bits per heavy atom. The number of likely N-dealkylation sites (N-methyl/N-ethyl adjacent to an activating group) is 1. The number of hydrogen-bond acceptors (Lipinski definition) is 3. The standard InChI is InChI=1S/C18H23FN2O2/c1-11-12(2)23-13(3)17(11)18(22)20-10-16(21(4)5)14-7-6-8-15(19)9-14/h6-9,16H,10H2,1-5H3,(H,20,22)/t16-/m0/s1. The van der Waals surface area contributed by atoms with Crippen molar-refractivity contribution >= 4 is 5.91 Å². The molecule has 0 aliphatic heterocycles. The number of hydrogen-bond donors (Lipinski definition) is 1. The molecule has 1 heterocycles. The SMILES string of the molecule is Cc1oc(C)c(C(=O)NC[C@@H](c2cccc(F)c2)N(C)C)c1C. The fraction of sp³-hybridized carbons (Fsp3) is 0.389. The summed E-state index contributed by atoms with van der Waals surface area (Å²) in [5, 5.41) is 2.93. The zero-order chi connectivity index (χ0) is 17.1. The van der Waals surface area contributed by atoms with Gasteiger partial charge in [0.25, 0.3) is 5.91 Å². The van der Waals surface area contributed by atoms with Crippen molar-refractivity contribution in [2.24, 2.45) is 0 Å². The van der Waals surface area contributed by atoms with Gasteiger partial charge in [-0.2, -0.15) is 0 Å². The maximum absolute atomic E-state index is 13.4. The molecule has 0 aliphatic rings. The second-order valence-corrected chi connectivity index (χ2v) is 5.96. The van der Waals surface area contributed by atoms with Crippen molar-refractivity contribution in [1.82, 2.24) is 10.2 Å². The number of carbonyl (C=O) groups excluding carboxylic acids is 1. The normalized spacial score (nSPS) is 12.5. The van der Waals surface area contributed by atoms with Gasteiger partial charge >= 0.3 is 0 Å². The van der Waals surface area contributed by atoms with Gasteiger partial charge in [0.2, 0.25) is 0 Å². The van der Waals surface area contributed by atoms with Gasteiger partial charge in [-0.3, -0.25) is 4.79 Å². The van der Waals surface area contributed by atoms with Gasteiger partial charge < -0.3 is 14.6 Å². The maximum atomic E-state index is 13.4. The smallest absolute Gasteiger partial charge is 0.255 e. The van der Waals surface area contributed by atoms with Crippen LogP contribution in [0.1, 0.15) is 39.0 Å². The molecule has 1 amide bonds. The number of nitrogens with zero attached hydrogens (tertiary/aromatic N) is 1. The van der Waals surface area contributed by atoms with Crippen LogP contribution >= 0.6 is 0 Å². The van der Waals surface area contributed by atoms with E-state index in [-0.39, 0.29) is 17.8 Å². The van der Waals surface area contributed by atoms with Crippen LogP contribution in [0.4, 0.5) is 4.39 Å². The lowest BCUT2D eigenvalue weighted by Crippen LogP contribution is -2.35. The van der Waals surface area contributed by atoms with Crippen LogP contribution in [-0.4, -0.2) is 31.4 Å². The molecule has 1 atom stereocenters. The zero-order valence-corrected chi connectivity index (χ0v) is 14.2. The molecule has 1 aromatic carbocycles. The lowest BCUT2D eigenvalue weighted by molar-refractivity contribution is 0.0940. The first-order chi connectivity index (χ1) is 10.8. The van der Waals surface area contributed by atoms with Crippen LogP contribution in [0.3, 0.4) is 0 Å². The van der Waals surface area contributed by atoms with Crippen molar-refractivity contribution in [3.63, 3.8) is 0 Å². The second-order valence-electron chi connectivity index (χ2n) is 5.96. The van der Waals surface area contributed by atoms with Gasteiger partial charge in [0.15, 0.2) is 0 Å². The van der Waals surface area contributed by atoms with Gasteiger partial charge in [0.1, 0.15) is 17.3 Å². The van der Waals surface area contributed by atoms with E-state index in [4.69, 9.17) is 4.42 Å². The molecule has 2 rings (SSSR count). The minimum atomic E-state index is -0.280. The van der Waals surface area contributed by atoms with Gasteiger partial charge in [-0.25, -0.2) is 4.39 Å². The summed E-state index contributed by atoms with van der Waals surface area (Å²) < 4.78 is 18.9. The minimum absolute atomic E-state index is 0.108. The van der Waals surface area contributed by atoms with Crippen LogP contribution in [0.5, 0.6) is 0 Å². The van der Waals surface area contributed by atoms with Gasteiger partial charge in [0.05, 0.1) is 11.6 Å². The summed E-state index contributed by atoms with van der Waals surface area (Å²) in [6.45, 7) is 5.88. The number of amides is 1. The number of carbonyl (C=O) groups is 1. The van der Waals surface area contributed by atoms with Crippen LogP contribution in [0, 0.1) is 26.6 Å². The first-order valence-corrected chi connectivity index (χ1v) is 7.58. The summed E-state index contributed by atoms with van der Waals surface area (Å²) >= 11 is 0. The highest BCUT2D eigenvalue weighted by Gasteiger charge is 2.21. The lowest BCUT2D eigenvalue weighted by Gasteiger charge is -2.25. The van der Waals surface area contributed by atoms with E-state index in [0.717, 1.165) is 16.9 Å². The van der Waals surface area contributed by atoms with E-state index in [2.05, 4.69) is 5.32 Å². The Morgan fingerprint density at radius 3 is 2.48 bits per heavy atom. The zero-order valence-electron chi connectivity index (χ0n) is 14.2. The van der Waals surface area contributed by atoms with Crippen LogP contribution in [0.15, 0.2) is 28.7 Å². The average molecular weight is 318 g/mol. The van der Waals surface area contributed by atoms with Crippen molar-refractivity contribution in [1.29, 1.82) is 0 Å². The van der Waals surface area contributed by atoms with Crippen molar-refractivity contribution in [3.8, 4) is 0 Å². The van der Waals surface area contributed by atoms with Crippen molar-refractivity contribution in [2.45, 2.75) is 26.8 Å². The molecule has 1 N–H and O–H groups in total. The summed E-state index contributed by atoms with van der Waals surface area (Å²) in [5.74, 6) is 0.921. The summed E-state index contributed by atoms with van der Waals surface area (Å²) in [4.78, 5) is 14.4. The Bertz CT molecular complexity index is 707. The van der Waals surface area contributed by atoms with E-state index in [1.54, 1.807) is 13.0 Å². The highest BCUT2D eigenvalue weighted by molar-refractivity contribution is 5.96. The highest BCUT2D eigenvalue weighted by atomic mass is 19.1. The summed E-state index contributed by atoms with van der Waals surface area (Å²) in [6, 6.07) is 6.34. The largest absolute Gasteiger partial charge is 0.466 e. The molecular formula is C18H23FN2O2. The third kappa shape index (κ3) is 3.79. The first-order valence-electron chi connectivity index (χ1n) is 7.58. The topological polar surface area (TPSA) is 45.5 Å². The third-order valence-electron chi connectivity index (χ3n) is 4.10. The summed E-state index contributed by atoms with van der Waals surface area (Å²) in [6.07, 6.45) is 0. The molecule has 0 aliphatic carbocycles. The van der Waals surface area contributed by atoms with Gasteiger partial charge in [-0.1, -0.05) is 12.1 Å². The third-order valence-corrected chi connectivity index (χ3v) is 4.10. The highest BCUT2D eigenvalue weighted by Crippen LogP contribution is 2.22. The van der Waals surface area contributed by atoms with Crippen molar-refractivity contribution < 1.29 is 13.6 Å². The lowest BCUT2D eigenvalue weighted by atomic mass is 10.1. The number of aryl methyl sites for hydroxylation is 2. The molecule has 124 valence electrons. The number of furan rings is 1. The average Bonchev–Trinajstić information content (AvgIpc) is 2.72. The summed E-state index contributed by atoms with van der Waals surface area (Å²) in [7, 11) is 3.81. The molecule has 0 radical (unpaired) electrons. The Balaban J connectivity index is 2.14. The quantitative estimate of drug-likeness (QED) is 0.919. The molecule has 0 saturated heterocycles. The fourth-order valence-corrected chi connectivity index (χ4v) is 2.72. The Hall–Kier alpha value is -2.14. The Labute approximate surface area is 136 Å². The van der Waals surface area contributed by atoms with E-state index in [1.807, 2.05) is 38.9 Å². The van der Waals surface area contributed by atoms with E-state index in [0.29, 0.717) is 17.9 Å². The Kier molecular flexibility index (Phi) is 5.21. The van der Waals surface area contributed by atoms with E-state index >= 15 is 0 Å². The first kappa shape index (κ1) is 17.2. The monoisotopic (exact) mass is 318 g/mol. The number of rotatable bonds is 5. The minimum Gasteiger partial charge on any atom is -0.466 e. The van der Waals surface area contributed by atoms with Crippen LogP contribution in [0.25, 0.3) is 0 Å².